The normalized spacial score (nSPS) is 11.8. The van der Waals surface area contributed by atoms with E-state index in [1.54, 1.807) is 0 Å². The lowest BCUT2D eigenvalue weighted by atomic mass is 10.0. The van der Waals surface area contributed by atoms with Crippen LogP contribution in [-0.4, -0.2) is 44.3 Å². The number of ether oxygens (including phenoxy) is 1. The molecule has 1 aromatic rings. The first kappa shape index (κ1) is 17.0. The number of rotatable bonds is 5. The van der Waals surface area contributed by atoms with E-state index >= 15 is 0 Å². The van der Waals surface area contributed by atoms with Crippen LogP contribution in [0.2, 0.25) is 0 Å². The number of aliphatic carboxylic acids is 1. The first-order valence-electron chi connectivity index (χ1n) is 5.93. The third-order valence-corrected chi connectivity index (χ3v) is 3.91. The molecule has 21 heavy (non-hydrogen) atoms. The van der Waals surface area contributed by atoms with Crippen LogP contribution in [0.4, 0.5) is 0 Å². The lowest BCUT2D eigenvalue weighted by Gasteiger charge is -2.21. The van der Waals surface area contributed by atoms with Crippen LogP contribution in [-0.2, 0) is 14.6 Å². The van der Waals surface area contributed by atoms with Gasteiger partial charge < -0.3 is 15.2 Å². The summed E-state index contributed by atoms with van der Waals surface area (Å²) in [6, 6.07) is 3.81. The minimum atomic E-state index is -3.50. The SMILES string of the molecule is COc1ccc(S(C)(=O)=O)cc1C(=O)NC(C)(C)C(=O)O. The van der Waals surface area contributed by atoms with Crippen molar-refractivity contribution in [2.75, 3.05) is 13.4 Å². The molecule has 0 aromatic heterocycles. The van der Waals surface area contributed by atoms with Crippen molar-refractivity contribution in [1.82, 2.24) is 5.32 Å². The Hall–Kier alpha value is -2.09. The van der Waals surface area contributed by atoms with E-state index in [2.05, 4.69) is 5.32 Å². The number of carbonyl (C=O) groups is 2. The van der Waals surface area contributed by atoms with Crippen molar-refractivity contribution in [2.24, 2.45) is 0 Å². The third kappa shape index (κ3) is 3.94. The smallest absolute Gasteiger partial charge is 0.328 e. The molecule has 2 N–H and O–H groups in total. The van der Waals surface area contributed by atoms with Crippen molar-refractivity contribution in [3.05, 3.63) is 23.8 Å². The van der Waals surface area contributed by atoms with Crippen LogP contribution in [0.5, 0.6) is 5.75 Å². The summed E-state index contributed by atoms with van der Waals surface area (Å²) in [7, 11) is -2.17. The zero-order chi connectivity index (χ0) is 16.4. The number of carboxylic acids is 1. The van der Waals surface area contributed by atoms with E-state index in [1.165, 1.54) is 33.1 Å². The quantitative estimate of drug-likeness (QED) is 0.827. The van der Waals surface area contributed by atoms with E-state index in [0.29, 0.717) is 0 Å². The van der Waals surface area contributed by atoms with Gasteiger partial charge in [-0.2, -0.15) is 0 Å². The summed E-state index contributed by atoms with van der Waals surface area (Å²) in [6.45, 7) is 2.64. The third-order valence-electron chi connectivity index (χ3n) is 2.80. The van der Waals surface area contributed by atoms with Crippen LogP contribution in [0.25, 0.3) is 0 Å². The molecule has 0 atom stereocenters. The highest BCUT2D eigenvalue weighted by Gasteiger charge is 2.30. The van der Waals surface area contributed by atoms with Gasteiger partial charge in [0.1, 0.15) is 11.3 Å². The molecule has 0 unspecified atom stereocenters. The highest BCUT2D eigenvalue weighted by Crippen LogP contribution is 2.23. The number of amides is 1. The summed E-state index contributed by atoms with van der Waals surface area (Å²) >= 11 is 0. The van der Waals surface area contributed by atoms with Crippen molar-refractivity contribution < 1.29 is 27.9 Å². The van der Waals surface area contributed by atoms with E-state index in [4.69, 9.17) is 9.84 Å². The van der Waals surface area contributed by atoms with Crippen molar-refractivity contribution in [2.45, 2.75) is 24.3 Å². The lowest BCUT2D eigenvalue weighted by molar-refractivity contribution is -0.143. The number of methoxy groups -OCH3 is 1. The Morgan fingerprint density at radius 1 is 1.29 bits per heavy atom. The van der Waals surface area contributed by atoms with Crippen molar-refractivity contribution in [3.8, 4) is 5.75 Å². The van der Waals surface area contributed by atoms with Gasteiger partial charge in [-0.05, 0) is 32.0 Å². The monoisotopic (exact) mass is 315 g/mol. The maximum absolute atomic E-state index is 12.2. The molecular formula is C13H17NO6S. The molecular weight excluding hydrogens is 298 g/mol. The summed E-state index contributed by atoms with van der Waals surface area (Å²) in [5.41, 5.74) is -1.54. The average molecular weight is 315 g/mol. The molecule has 0 radical (unpaired) electrons. The number of benzene rings is 1. The Morgan fingerprint density at radius 3 is 2.29 bits per heavy atom. The molecule has 1 aromatic carbocycles. The first-order chi connectivity index (χ1) is 9.49. The summed E-state index contributed by atoms with van der Waals surface area (Å²) in [5, 5.41) is 11.3. The standard InChI is InChI=1S/C13H17NO6S/c1-13(2,12(16)17)14-11(15)9-7-8(21(4,18)19)5-6-10(9)20-3/h5-7H,1-4H3,(H,14,15)(H,16,17). The second-order valence-electron chi connectivity index (χ2n) is 5.02. The Bertz CT molecular complexity index is 678. The van der Waals surface area contributed by atoms with Crippen LogP contribution in [0.3, 0.4) is 0 Å². The highest BCUT2D eigenvalue weighted by molar-refractivity contribution is 7.90. The zero-order valence-corrected chi connectivity index (χ0v) is 12.9. The molecule has 0 aliphatic heterocycles. The fourth-order valence-electron chi connectivity index (χ4n) is 1.50. The summed E-state index contributed by atoms with van der Waals surface area (Å²) in [6.07, 6.45) is 1.01. The number of nitrogens with one attached hydrogen (secondary N) is 1. The van der Waals surface area contributed by atoms with Gasteiger partial charge in [0.25, 0.3) is 5.91 Å². The molecule has 8 heteroatoms. The van der Waals surface area contributed by atoms with Gasteiger partial charge in [0.2, 0.25) is 0 Å². The lowest BCUT2D eigenvalue weighted by Crippen LogP contribution is -2.49. The summed E-state index contributed by atoms with van der Waals surface area (Å²) in [4.78, 5) is 23.1. The molecule has 0 heterocycles. The Morgan fingerprint density at radius 2 is 1.86 bits per heavy atom. The van der Waals surface area contributed by atoms with Gasteiger partial charge in [-0.3, -0.25) is 4.79 Å². The van der Waals surface area contributed by atoms with Gasteiger partial charge in [0, 0.05) is 6.26 Å². The van der Waals surface area contributed by atoms with Gasteiger partial charge in [-0.25, -0.2) is 13.2 Å². The van der Waals surface area contributed by atoms with Gasteiger partial charge in [-0.15, -0.1) is 0 Å². The summed E-state index contributed by atoms with van der Waals surface area (Å²) < 4.78 is 28.1. The van der Waals surface area contributed by atoms with Crippen molar-refractivity contribution >= 4 is 21.7 Å². The number of carboxylic acid groups (broad SMARTS) is 1. The Kier molecular flexibility index (Phi) is 4.62. The average Bonchev–Trinajstić information content (AvgIpc) is 2.36. The first-order valence-corrected chi connectivity index (χ1v) is 7.82. The van der Waals surface area contributed by atoms with Crippen LogP contribution in [0.15, 0.2) is 23.1 Å². The predicted octanol–water partition coefficient (Wildman–Crippen LogP) is 0.692. The molecule has 0 saturated heterocycles. The molecule has 7 nitrogen and oxygen atoms in total. The molecule has 0 aliphatic carbocycles. The van der Waals surface area contributed by atoms with E-state index in [1.807, 2.05) is 0 Å². The van der Waals surface area contributed by atoms with Crippen LogP contribution in [0, 0.1) is 0 Å². The molecule has 0 aliphatic rings. The van der Waals surface area contributed by atoms with Gasteiger partial charge in [0.15, 0.2) is 9.84 Å². The van der Waals surface area contributed by atoms with E-state index in [9.17, 15) is 18.0 Å². The molecule has 0 fully saturated rings. The van der Waals surface area contributed by atoms with Crippen molar-refractivity contribution in [1.29, 1.82) is 0 Å². The van der Waals surface area contributed by atoms with E-state index in [-0.39, 0.29) is 16.2 Å². The van der Waals surface area contributed by atoms with Crippen LogP contribution >= 0.6 is 0 Å². The summed E-state index contributed by atoms with van der Waals surface area (Å²) in [5.74, 6) is -1.79. The second kappa shape index (κ2) is 5.72. The highest BCUT2D eigenvalue weighted by atomic mass is 32.2. The molecule has 1 rings (SSSR count). The molecule has 0 bridgehead atoms. The minimum Gasteiger partial charge on any atom is -0.496 e. The molecule has 1 amide bonds. The number of carbonyl (C=O) groups excluding carboxylic acids is 1. The molecule has 116 valence electrons. The minimum absolute atomic E-state index is 0.0465. The number of hydrogen-bond donors (Lipinski definition) is 2. The second-order valence-corrected chi connectivity index (χ2v) is 7.03. The maximum Gasteiger partial charge on any atom is 0.328 e. The number of sulfone groups is 1. The zero-order valence-electron chi connectivity index (χ0n) is 12.1. The topological polar surface area (TPSA) is 110 Å². The molecule has 0 saturated carbocycles. The predicted molar refractivity (Wildman–Crippen MR) is 75.3 cm³/mol. The fraction of sp³-hybridized carbons (Fsp3) is 0.385. The Balaban J connectivity index is 3.28. The van der Waals surface area contributed by atoms with Gasteiger partial charge in [-0.1, -0.05) is 0 Å². The molecule has 0 spiro atoms. The van der Waals surface area contributed by atoms with Crippen LogP contribution in [0.1, 0.15) is 24.2 Å². The van der Waals surface area contributed by atoms with Crippen LogP contribution < -0.4 is 10.1 Å². The number of hydrogen-bond acceptors (Lipinski definition) is 5. The van der Waals surface area contributed by atoms with Gasteiger partial charge >= 0.3 is 5.97 Å². The largest absolute Gasteiger partial charge is 0.496 e. The van der Waals surface area contributed by atoms with Crippen molar-refractivity contribution in [3.63, 3.8) is 0 Å². The van der Waals surface area contributed by atoms with Gasteiger partial charge in [0.05, 0.1) is 17.6 Å². The maximum atomic E-state index is 12.2. The van der Waals surface area contributed by atoms with E-state index < -0.39 is 27.3 Å². The van der Waals surface area contributed by atoms with E-state index in [0.717, 1.165) is 12.3 Å². The Labute approximate surface area is 122 Å². The fourth-order valence-corrected chi connectivity index (χ4v) is 2.15.